The van der Waals surface area contributed by atoms with E-state index < -0.39 is 17.4 Å². The van der Waals surface area contributed by atoms with Gasteiger partial charge in [0.1, 0.15) is 5.41 Å². The van der Waals surface area contributed by atoms with Crippen molar-refractivity contribution in [3.63, 3.8) is 0 Å². The molecule has 0 rings (SSSR count). The second-order valence-corrected chi connectivity index (χ2v) is 4.63. The molecule has 0 fully saturated rings. The molecule has 0 bridgehead atoms. The van der Waals surface area contributed by atoms with Gasteiger partial charge in [-0.05, 0) is 12.8 Å². The van der Waals surface area contributed by atoms with Crippen molar-refractivity contribution < 1.29 is 19.8 Å². The standard InChI is InChI=1S/C9H12Br2O4/c1-6(7(12)13)9(2-4-10,3-5-11)8(14)15/h1-5H2,(H,12,13)(H,14,15). The Morgan fingerprint density at radius 1 is 1.13 bits per heavy atom. The molecular formula is C9H12Br2O4. The highest BCUT2D eigenvalue weighted by atomic mass is 79.9. The molecule has 0 aromatic rings. The summed E-state index contributed by atoms with van der Waals surface area (Å²) in [5.74, 6) is -2.41. The quantitative estimate of drug-likeness (QED) is 0.549. The number of hydrogen-bond acceptors (Lipinski definition) is 2. The van der Waals surface area contributed by atoms with Crippen molar-refractivity contribution in [2.75, 3.05) is 10.7 Å². The van der Waals surface area contributed by atoms with Crippen LogP contribution in [0.4, 0.5) is 0 Å². The smallest absolute Gasteiger partial charge is 0.332 e. The molecule has 0 heterocycles. The molecule has 0 saturated heterocycles. The minimum Gasteiger partial charge on any atom is -0.481 e. The molecule has 0 aliphatic heterocycles. The van der Waals surface area contributed by atoms with E-state index in [0.717, 1.165) is 0 Å². The first-order chi connectivity index (χ1) is 6.92. The van der Waals surface area contributed by atoms with E-state index in [2.05, 4.69) is 38.4 Å². The maximum atomic E-state index is 11.2. The molecule has 6 heteroatoms. The van der Waals surface area contributed by atoms with Gasteiger partial charge in [-0.3, -0.25) is 4.79 Å². The predicted octanol–water partition coefficient (Wildman–Crippen LogP) is 2.27. The number of halogens is 2. The van der Waals surface area contributed by atoms with Crippen molar-refractivity contribution in [2.24, 2.45) is 5.41 Å². The van der Waals surface area contributed by atoms with E-state index in [-0.39, 0.29) is 18.4 Å². The lowest BCUT2D eigenvalue weighted by Gasteiger charge is -2.28. The Morgan fingerprint density at radius 3 is 1.73 bits per heavy atom. The van der Waals surface area contributed by atoms with Crippen molar-refractivity contribution in [2.45, 2.75) is 12.8 Å². The monoisotopic (exact) mass is 342 g/mol. The number of carbonyl (C=O) groups is 2. The maximum Gasteiger partial charge on any atom is 0.332 e. The molecule has 0 radical (unpaired) electrons. The van der Waals surface area contributed by atoms with E-state index >= 15 is 0 Å². The van der Waals surface area contributed by atoms with Crippen LogP contribution in [0.15, 0.2) is 12.2 Å². The number of carboxylic acids is 2. The Labute approximate surface area is 105 Å². The molecule has 2 N–H and O–H groups in total. The van der Waals surface area contributed by atoms with E-state index in [1.165, 1.54) is 0 Å². The summed E-state index contributed by atoms with van der Waals surface area (Å²) in [6.07, 6.45) is 0.415. The number of alkyl halides is 2. The Hall–Kier alpha value is -0.360. The van der Waals surface area contributed by atoms with E-state index in [1.807, 2.05) is 0 Å². The van der Waals surface area contributed by atoms with Crippen molar-refractivity contribution in [1.29, 1.82) is 0 Å². The summed E-state index contributed by atoms with van der Waals surface area (Å²) in [4.78, 5) is 22.0. The van der Waals surface area contributed by atoms with Gasteiger partial charge in [0.15, 0.2) is 0 Å². The molecule has 0 unspecified atom stereocenters. The average molecular weight is 344 g/mol. The average Bonchev–Trinajstić information content (AvgIpc) is 2.15. The van der Waals surface area contributed by atoms with Crippen LogP contribution < -0.4 is 0 Å². The van der Waals surface area contributed by atoms with Gasteiger partial charge in [0.05, 0.1) is 0 Å². The molecule has 0 aromatic carbocycles. The highest BCUT2D eigenvalue weighted by molar-refractivity contribution is 9.09. The molecule has 0 atom stereocenters. The Bertz CT molecular complexity index is 269. The number of rotatable bonds is 7. The molecule has 86 valence electrons. The molecule has 0 saturated carbocycles. The first kappa shape index (κ1) is 14.6. The molecule has 0 aliphatic carbocycles. The van der Waals surface area contributed by atoms with Crippen LogP contribution in [0.25, 0.3) is 0 Å². The molecule has 0 aromatic heterocycles. The molecule has 0 amide bonds. The number of hydrogen-bond donors (Lipinski definition) is 2. The summed E-state index contributed by atoms with van der Waals surface area (Å²) in [5.41, 5.74) is -1.66. The van der Waals surface area contributed by atoms with Crippen LogP contribution >= 0.6 is 31.9 Å². The first-order valence-corrected chi connectivity index (χ1v) is 6.44. The highest BCUT2D eigenvalue weighted by Gasteiger charge is 2.43. The van der Waals surface area contributed by atoms with Gasteiger partial charge in [-0.25, -0.2) is 4.79 Å². The van der Waals surface area contributed by atoms with Crippen LogP contribution in [0.1, 0.15) is 12.8 Å². The summed E-state index contributed by atoms with van der Waals surface area (Å²) in [6, 6.07) is 0. The van der Waals surface area contributed by atoms with Crippen LogP contribution in [0.3, 0.4) is 0 Å². The van der Waals surface area contributed by atoms with Crippen LogP contribution in [0, 0.1) is 5.41 Å². The fourth-order valence-corrected chi connectivity index (χ4v) is 2.65. The minimum absolute atomic E-state index is 0.207. The third-order valence-electron chi connectivity index (χ3n) is 2.29. The van der Waals surface area contributed by atoms with Crippen molar-refractivity contribution >= 4 is 43.8 Å². The maximum absolute atomic E-state index is 11.2. The normalized spacial score (nSPS) is 11.1. The number of carboxylic acid groups (broad SMARTS) is 2. The third-order valence-corrected chi connectivity index (χ3v) is 3.08. The summed E-state index contributed by atoms with van der Waals surface area (Å²) in [5, 5.41) is 18.8. The second-order valence-electron chi connectivity index (χ2n) is 3.05. The predicted molar refractivity (Wildman–Crippen MR) is 63.7 cm³/mol. The zero-order valence-electron chi connectivity index (χ0n) is 8.00. The topological polar surface area (TPSA) is 74.6 Å². The van der Waals surface area contributed by atoms with E-state index in [1.54, 1.807) is 0 Å². The third kappa shape index (κ3) is 3.31. The first-order valence-electron chi connectivity index (χ1n) is 4.20. The van der Waals surface area contributed by atoms with Crippen LogP contribution in [-0.2, 0) is 9.59 Å². The van der Waals surface area contributed by atoms with E-state index in [0.29, 0.717) is 10.7 Å². The van der Waals surface area contributed by atoms with Crippen molar-refractivity contribution in [1.82, 2.24) is 0 Å². The lowest BCUT2D eigenvalue weighted by atomic mass is 9.76. The van der Waals surface area contributed by atoms with Gasteiger partial charge in [0, 0.05) is 16.2 Å². The van der Waals surface area contributed by atoms with Gasteiger partial charge in [0.2, 0.25) is 0 Å². The molecule has 0 aliphatic rings. The molecular weight excluding hydrogens is 332 g/mol. The summed E-state index contributed by atoms with van der Waals surface area (Å²) in [7, 11) is 0. The molecule has 4 nitrogen and oxygen atoms in total. The SMILES string of the molecule is C=C(C(=O)O)C(CCBr)(CCBr)C(=O)O. The minimum atomic E-state index is -1.39. The Kier molecular flexibility index (Phi) is 6.12. The van der Waals surface area contributed by atoms with Gasteiger partial charge in [-0.2, -0.15) is 0 Å². The Balaban J connectivity index is 5.19. The van der Waals surface area contributed by atoms with Crippen LogP contribution in [-0.4, -0.2) is 32.8 Å². The van der Waals surface area contributed by atoms with Gasteiger partial charge in [0.25, 0.3) is 0 Å². The van der Waals surface area contributed by atoms with Crippen LogP contribution in [0.5, 0.6) is 0 Å². The number of aliphatic carboxylic acids is 2. The second kappa shape index (κ2) is 6.27. The van der Waals surface area contributed by atoms with Gasteiger partial charge >= 0.3 is 11.9 Å². The van der Waals surface area contributed by atoms with Gasteiger partial charge < -0.3 is 10.2 Å². The van der Waals surface area contributed by atoms with Crippen LogP contribution in [0.2, 0.25) is 0 Å². The largest absolute Gasteiger partial charge is 0.481 e. The summed E-state index contributed by atoms with van der Waals surface area (Å²) >= 11 is 6.26. The van der Waals surface area contributed by atoms with E-state index in [4.69, 9.17) is 10.2 Å². The molecule has 15 heavy (non-hydrogen) atoms. The fourth-order valence-electron chi connectivity index (χ4n) is 1.30. The zero-order chi connectivity index (χ0) is 12.1. The lowest BCUT2D eigenvalue weighted by molar-refractivity contribution is -0.150. The summed E-state index contributed by atoms with van der Waals surface area (Å²) < 4.78 is 0. The van der Waals surface area contributed by atoms with Crippen molar-refractivity contribution in [3.8, 4) is 0 Å². The van der Waals surface area contributed by atoms with Crippen molar-refractivity contribution in [3.05, 3.63) is 12.2 Å². The lowest BCUT2D eigenvalue weighted by Crippen LogP contribution is -2.36. The van der Waals surface area contributed by atoms with E-state index in [9.17, 15) is 9.59 Å². The fraction of sp³-hybridized carbons (Fsp3) is 0.556. The zero-order valence-corrected chi connectivity index (χ0v) is 11.2. The molecule has 0 spiro atoms. The summed E-state index contributed by atoms with van der Waals surface area (Å²) in [6.45, 7) is 3.36. The van der Waals surface area contributed by atoms with Gasteiger partial charge in [-0.1, -0.05) is 38.4 Å². The van der Waals surface area contributed by atoms with Gasteiger partial charge in [-0.15, -0.1) is 0 Å². The Morgan fingerprint density at radius 2 is 1.53 bits per heavy atom. The highest BCUT2D eigenvalue weighted by Crippen LogP contribution is 2.36.